The maximum atomic E-state index is 13.4. The molecule has 6 aromatic rings. The van der Waals surface area contributed by atoms with Crippen molar-refractivity contribution in [1.29, 1.82) is 0 Å². The summed E-state index contributed by atoms with van der Waals surface area (Å²) < 4.78 is 78.7. The maximum absolute atomic E-state index is 13.4. The van der Waals surface area contributed by atoms with Gasteiger partial charge in [0.25, 0.3) is 0 Å². The van der Waals surface area contributed by atoms with E-state index < -0.39 is 35.4 Å². The van der Waals surface area contributed by atoms with Crippen LogP contribution in [0.4, 0.5) is 32.0 Å². The summed E-state index contributed by atoms with van der Waals surface area (Å²) in [5.74, 6) is -4.91. The van der Waals surface area contributed by atoms with E-state index in [-0.39, 0.29) is 77.1 Å². The first-order chi connectivity index (χ1) is 21.5. The summed E-state index contributed by atoms with van der Waals surface area (Å²) in [7, 11) is 3.73. The number of pyridine rings is 4. The molecule has 6 rings (SSSR count). The molecule has 0 aliphatic rings. The summed E-state index contributed by atoms with van der Waals surface area (Å²) in [4.78, 5) is 16.0. The van der Waals surface area contributed by atoms with Crippen LogP contribution >= 0.6 is 0 Å². The molecule has 257 valence electrons. The molecule has 0 fully saturated rings. The third-order valence-corrected chi connectivity index (χ3v) is 5.75. The van der Waals surface area contributed by atoms with Crippen molar-refractivity contribution in [3.05, 3.63) is 139 Å². The molecular formula is C32H22F6Ir3N7-3. The van der Waals surface area contributed by atoms with Crippen molar-refractivity contribution in [2.24, 2.45) is 0 Å². The first kappa shape index (κ1) is 42.4. The topological polar surface area (TPSA) is 72.6 Å². The Bertz CT molecular complexity index is 1900. The Kier molecular flexibility index (Phi) is 17.7. The Morgan fingerprint density at radius 3 is 1.73 bits per heavy atom. The largest absolute Gasteiger partial charge is 0.378 e. The Morgan fingerprint density at radius 2 is 1.25 bits per heavy atom. The van der Waals surface area contributed by atoms with Crippen molar-refractivity contribution in [2.75, 3.05) is 19.0 Å². The van der Waals surface area contributed by atoms with Crippen LogP contribution < -0.4 is 4.90 Å². The summed E-state index contributed by atoms with van der Waals surface area (Å²) in [5, 5.41) is 3.80. The number of hydrogen-bond acceptors (Lipinski definition) is 6. The van der Waals surface area contributed by atoms with Gasteiger partial charge in [0, 0.05) is 117 Å². The fourth-order valence-corrected chi connectivity index (χ4v) is 3.63. The standard InChI is InChI=1S/C12H10F2N3.C11H7F2N2.C9H5F2N2.3Ir/c1-17(2)8-5-6-15-10(7-8)9-3-4-11(13)16-12(9)14;1-7-4-5-14-9(6-7)8-2-3-10(12)15-11(8)13;10-7-2-3-9(8(11)6-7)13-5-1-4-12-13;;;/h4-7H,1-2H3;3-6H,1H3;1-2,4-6H;;;/q3*-1;;;. The molecular weight excluding hydrogens is 1170 g/mol. The monoisotopic (exact) mass is 1200 g/mol. The summed E-state index contributed by atoms with van der Waals surface area (Å²) in [6, 6.07) is 19.9. The molecule has 0 N–H and O–H groups in total. The molecule has 3 radical (unpaired) electrons. The first-order valence-corrected chi connectivity index (χ1v) is 12.9. The van der Waals surface area contributed by atoms with Gasteiger partial charge in [-0.15, -0.1) is 24.3 Å². The SMILES string of the molecule is CN(C)c1ccnc(-c2[c-]cc(F)nc2F)c1.Cc1ccnc(-c2[c-]cc(F)nc2F)c1.Fc1c[c-]c(-n2cccn2)c(F)c1.[Ir].[Ir].[Ir]. The van der Waals surface area contributed by atoms with Crippen LogP contribution in [0.5, 0.6) is 0 Å². The quantitative estimate of drug-likeness (QED) is 0.111. The van der Waals surface area contributed by atoms with Crippen LogP contribution in [0, 0.1) is 60.5 Å². The smallest absolute Gasteiger partial charge is 0.128 e. The molecule has 0 aliphatic carbocycles. The molecule has 5 aromatic heterocycles. The number of halogens is 6. The van der Waals surface area contributed by atoms with Gasteiger partial charge in [-0.2, -0.15) is 11.2 Å². The van der Waals surface area contributed by atoms with Crippen LogP contribution in [0.1, 0.15) is 5.56 Å². The number of rotatable bonds is 4. The normalized spacial score (nSPS) is 9.69. The van der Waals surface area contributed by atoms with Crippen molar-refractivity contribution < 1.29 is 86.7 Å². The van der Waals surface area contributed by atoms with Gasteiger partial charge in [-0.3, -0.25) is 23.4 Å². The minimum Gasteiger partial charge on any atom is -0.378 e. The van der Waals surface area contributed by atoms with Gasteiger partial charge < -0.3 is 14.9 Å². The molecule has 0 aliphatic heterocycles. The molecule has 0 atom stereocenters. The van der Waals surface area contributed by atoms with E-state index in [1.165, 1.54) is 10.9 Å². The van der Waals surface area contributed by atoms with Gasteiger partial charge in [0.1, 0.15) is 23.8 Å². The molecule has 0 unspecified atom stereocenters. The number of anilines is 1. The van der Waals surface area contributed by atoms with E-state index in [4.69, 9.17) is 0 Å². The molecule has 0 amide bonds. The van der Waals surface area contributed by atoms with Crippen LogP contribution in [0.25, 0.3) is 28.2 Å². The maximum Gasteiger partial charge on any atom is 0.128 e. The number of nitrogens with zero attached hydrogens (tertiary/aromatic N) is 7. The summed E-state index contributed by atoms with van der Waals surface area (Å²) in [6.45, 7) is 1.86. The molecule has 0 spiro atoms. The Hall–Kier alpha value is -3.64. The van der Waals surface area contributed by atoms with Gasteiger partial charge in [0.2, 0.25) is 0 Å². The Morgan fingerprint density at radius 1 is 0.688 bits per heavy atom. The van der Waals surface area contributed by atoms with E-state index >= 15 is 0 Å². The van der Waals surface area contributed by atoms with E-state index in [0.717, 1.165) is 35.5 Å². The zero-order valence-electron chi connectivity index (χ0n) is 24.9. The molecule has 0 saturated heterocycles. The van der Waals surface area contributed by atoms with Gasteiger partial charge in [-0.25, -0.2) is 17.6 Å². The van der Waals surface area contributed by atoms with Crippen LogP contribution in [-0.2, 0) is 60.3 Å². The van der Waals surface area contributed by atoms with Gasteiger partial charge in [0.15, 0.2) is 0 Å². The van der Waals surface area contributed by atoms with Crippen molar-refractivity contribution in [2.45, 2.75) is 6.92 Å². The Labute approximate surface area is 312 Å². The van der Waals surface area contributed by atoms with Crippen LogP contribution in [0.3, 0.4) is 0 Å². The number of hydrogen-bond donors (Lipinski definition) is 0. The van der Waals surface area contributed by atoms with Crippen molar-refractivity contribution in [3.8, 4) is 28.2 Å². The second-order valence-electron chi connectivity index (χ2n) is 9.26. The fourth-order valence-electron chi connectivity index (χ4n) is 3.63. The predicted octanol–water partition coefficient (Wildman–Crippen LogP) is 6.76. The predicted molar refractivity (Wildman–Crippen MR) is 154 cm³/mol. The molecule has 0 saturated carbocycles. The van der Waals surface area contributed by atoms with Gasteiger partial charge in [-0.1, -0.05) is 41.0 Å². The average Bonchev–Trinajstić information content (AvgIpc) is 3.53. The van der Waals surface area contributed by atoms with Crippen LogP contribution in [0.2, 0.25) is 0 Å². The Balaban J connectivity index is 0.000000352. The van der Waals surface area contributed by atoms with Crippen LogP contribution in [0.15, 0.2) is 79.4 Å². The van der Waals surface area contributed by atoms with Gasteiger partial charge >= 0.3 is 0 Å². The fraction of sp³-hybridized carbons (Fsp3) is 0.0938. The number of aryl methyl sites for hydroxylation is 1. The molecule has 5 heterocycles. The summed E-state index contributed by atoms with van der Waals surface area (Å²) >= 11 is 0. The third kappa shape index (κ3) is 11.8. The second-order valence-corrected chi connectivity index (χ2v) is 9.26. The minimum atomic E-state index is -0.909. The van der Waals surface area contributed by atoms with Gasteiger partial charge in [-0.05, 0) is 42.2 Å². The summed E-state index contributed by atoms with van der Waals surface area (Å²) in [5.41, 5.74) is 2.85. The molecule has 1 aromatic carbocycles. The van der Waals surface area contributed by atoms with Crippen molar-refractivity contribution >= 4 is 5.69 Å². The van der Waals surface area contributed by atoms with Crippen LogP contribution in [-0.4, -0.2) is 43.8 Å². The zero-order valence-corrected chi connectivity index (χ0v) is 32.1. The molecule has 16 heteroatoms. The van der Waals surface area contributed by atoms with Crippen molar-refractivity contribution in [1.82, 2.24) is 29.7 Å². The van der Waals surface area contributed by atoms with Crippen molar-refractivity contribution in [3.63, 3.8) is 0 Å². The minimum absolute atomic E-state index is 0. The zero-order chi connectivity index (χ0) is 32.5. The van der Waals surface area contributed by atoms with Gasteiger partial charge in [0.05, 0.1) is 0 Å². The molecule has 0 bridgehead atoms. The molecule has 7 nitrogen and oxygen atoms in total. The van der Waals surface area contributed by atoms with E-state index in [9.17, 15) is 26.3 Å². The van der Waals surface area contributed by atoms with E-state index in [1.54, 1.807) is 48.9 Å². The third-order valence-electron chi connectivity index (χ3n) is 5.75. The van der Waals surface area contributed by atoms with E-state index in [0.29, 0.717) is 11.4 Å². The average molecular weight is 1200 g/mol. The van der Waals surface area contributed by atoms with E-state index in [1.807, 2.05) is 25.9 Å². The number of benzene rings is 1. The first-order valence-electron chi connectivity index (χ1n) is 12.9. The molecule has 48 heavy (non-hydrogen) atoms. The number of aromatic nitrogens is 6. The van der Waals surface area contributed by atoms with E-state index in [2.05, 4.69) is 43.2 Å². The summed E-state index contributed by atoms with van der Waals surface area (Å²) in [6.07, 6.45) is 6.19. The second kappa shape index (κ2) is 20.0.